The van der Waals surface area contributed by atoms with Crippen molar-refractivity contribution in [1.29, 1.82) is 0 Å². The molecule has 20 heavy (non-hydrogen) atoms. The number of likely N-dealkylation sites (N-methyl/N-ethyl adjacent to an activating group) is 1. The topological polar surface area (TPSA) is 24.5 Å². The van der Waals surface area contributed by atoms with Gasteiger partial charge in [0.1, 0.15) is 0 Å². The molecule has 1 aromatic carbocycles. The number of rotatable bonds is 7. The van der Waals surface area contributed by atoms with Gasteiger partial charge in [-0.1, -0.05) is 37.6 Å². The molecule has 1 unspecified atom stereocenters. The fraction of sp³-hybridized carbons (Fsp3) is 0.647. The lowest BCUT2D eigenvalue weighted by Gasteiger charge is -2.30. The van der Waals surface area contributed by atoms with Crippen LogP contribution in [0.15, 0.2) is 24.3 Å². The summed E-state index contributed by atoms with van der Waals surface area (Å²) in [7, 11) is 1.75. The van der Waals surface area contributed by atoms with Gasteiger partial charge >= 0.3 is 0 Å². The zero-order valence-electron chi connectivity index (χ0n) is 12.9. The van der Waals surface area contributed by atoms with Crippen LogP contribution in [-0.4, -0.2) is 37.7 Å². The summed E-state index contributed by atoms with van der Waals surface area (Å²) in [6.07, 6.45) is 4.03. The van der Waals surface area contributed by atoms with E-state index >= 15 is 0 Å². The molecule has 112 valence electrons. The fourth-order valence-corrected chi connectivity index (χ4v) is 2.94. The Morgan fingerprint density at radius 1 is 1.30 bits per heavy atom. The fourth-order valence-electron chi connectivity index (χ4n) is 2.94. The molecule has 0 amide bonds. The van der Waals surface area contributed by atoms with Gasteiger partial charge in [0.25, 0.3) is 0 Å². The Morgan fingerprint density at radius 2 is 2.15 bits per heavy atom. The Kier molecular flexibility index (Phi) is 6.51. The quantitative estimate of drug-likeness (QED) is 0.829. The van der Waals surface area contributed by atoms with Gasteiger partial charge in [-0.25, -0.2) is 0 Å². The highest BCUT2D eigenvalue weighted by molar-refractivity contribution is 5.23. The lowest BCUT2D eigenvalue weighted by atomic mass is 10.0. The minimum Gasteiger partial charge on any atom is -0.380 e. The van der Waals surface area contributed by atoms with E-state index in [-0.39, 0.29) is 0 Å². The molecule has 0 radical (unpaired) electrons. The van der Waals surface area contributed by atoms with E-state index < -0.39 is 0 Å². The van der Waals surface area contributed by atoms with Crippen LogP contribution in [0.4, 0.5) is 0 Å². The van der Waals surface area contributed by atoms with E-state index in [4.69, 9.17) is 4.74 Å². The lowest BCUT2D eigenvalue weighted by Crippen LogP contribution is -2.43. The Bertz CT molecular complexity index is 388. The van der Waals surface area contributed by atoms with E-state index in [1.54, 1.807) is 7.11 Å². The van der Waals surface area contributed by atoms with E-state index in [9.17, 15) is 0 Å². The van der Waals surface area contributed by atoms with Crippen molar-refractivity contribution in [3.8, 4) is 0 Å². The van der Waals surface area contributed by atoms with E-state index in [2.05, 4.69) is 41.4 Å². The predicted octanol–water partition coefficient (Wildman–Crippen LogP) is 2.80. The number of hydrogen-bond acceptors (Lipinski definition) is 3. The summed E-state index contributed by atoms with van der Waals surface area (Å²) in [5.41, 5.74) is 2.65. The summed E-state index contributed by atoms with van der Waals surface area (Å²) in [5, 5.41) is 3.64. The molecule has 3 nitrogen and oxygen atoms in total. The normalized spacial score (nSPS) is 19.4. The summed E-state index contributed by atoms with van der Waals surface area (Å²) >= 11 is 0. The van der Waals surface area contributed by atoms with Crippen molar-refractivity contribution in [3.05, 3.63) is 35.4 Å². The third kappa shape index (κ3) is 4.89. The molecule has 1 saturated heterocycles. The molecule has 1 aliphatic heterocycles. The van der Waals surface area contributed by atoms with E-state index in [0.29, 0.717) is 12.6 Å². The van der Waals surface area contributed by atoms with Gasteiger partial charge in [0, 0.05) is 26.2 Å². The summed E-state index contributed by atoms with van der Waals surface area (Å²) in [6, 6.07) is 9.42. The van der Waals surface area contributed by atoms with Gasteiger partial charge in [0.05, 0.1) is 6.61 Å². The van der Waals surface area contributed by atoms with Gasteiger partial charge in [-0.15, -0.1) is 0 Å². The van der Waals surface area contributed by atoms with Crippen LogP contribution in [0.3, 0.4) is 0 Å². The number of piperidine rings is 1. The smallest absolute Gasteiger partial charge is 0.0713 e. The first-order valence-electron chi connectivity index (χ1n) is 7.84. The van der Waals surface area contributed by atoms with E-state index in [1.165, 1.54) is 36.9 Å². The highest BCUT2D eigenvalue weighted by Crippen LogP contribution is 2.12. The summed E-state index contributed by atoms with van der Waals surface area (Å²) in [5.74, 6) is 0. The van der Waals surface area contributed by atoms with Gasteiger partial charge < -0.3 is 10.1 Å². The van der Waals surface area contributed by atoms with Gasteiger partial charge in [0.2, 0.25) is 0 Å². The van der Waals surface area contributed by atoms with Gasteiger partial charge in [0.15, 0.2) is 0 Å². The largest absolute Gasteiger partial charge is 0.380 e. The number of methoxy groups -OCH3 is 1. The number of benzene rings is 1. The van der Waals surface area contributed by atoms with Crippen molar-refractivity contribution in [2.75, 3.05) is 26.7 Å². The average molecular weight is 276 g/mol. The van der Waals surface area contributed by atoms with Crippen molar-refractivity contribution in [2.45, 2.75) is 45.4 Å². The van der Waals surface area contributed by atoms with Gasteiger partial charge in [-0.05, 0) is 37.1 Å². The number of nitrogens with one attached hydrogen (secondary N) is 1. The van der Waals surface area contributed by atoms with E-state index in [0.717, 1.165) is 19.6 Å². The second-order valence-corrected chi connectivity index (χ2v) is 5.73. The van der Waals surface area contributed by atoms with Crippen LogP contribution < -0.4 is 5.32 Å². The lowest BCUT2D eigenvalue weighted by molar-refractivity contribution is 0.184. The molecule has 0 spiro atoms. The predicted molar refractivity (Wildman–Crippen MR) is 83.7 cm³/mol. The molecule has 1 atom stereocenters. The van der Waals surface area contributed by atoms with Crippen molar-refractivity contribution in [1.82, 2.24) is 10.2 Å². The zero-order chi connectivity index (χ0) is 14.2. The summed E-state index contributed by atoms with van der Waals surface area (Å²) in [4.78, 5) is 2.54. The molecule has 1 N–H and O–H groups in total. The molecule has 0 aromatic heterocycles. The standard InChI is InChI=1S/C17H28N2O/c1-3-19(13-17-9-4-5-10-18-17)12-15-7-6-8-16(11-15)14-20-2/h6-8,11,17-18H,3-5,9-10,12-14H2,1-2H3. The third-order valence-corrected chi connectivity index (χ3v) is 4.05. The maximum atomic E-state index is 5.21. The van der Waals surface area contributed by atoms with Crippen molar-refractivity contribution in [3.63, 3.8) is 0 Å². The van der Waals surface area contributed by atoms with Crippen molar-refractivity contribution >= 4 is 0 Å². The van der Waals surface area contributed by atoms with Gasteiger partial charge in [-0.3, -0.25) is 4.90 Å². The maximum absolute atomic E-state index is 5.21. The Morgan fingerprint density at radius 3 is 2.85 bits per heavy atom. The first kappa shape index (κ1) is 15.5. The minimum atomic E-state index is 0.672. The average Bonchev–Trinajstić information content (AvgIpc) is 2.48. The Labute approximate surface area is 123 Å². The molecule has 1 aliphatic rings. The van der Waals surface area contributed by atoms with Crippen molar-refractivity contribution < 1.29 is 4.74 Å². The number of hydrogen-bond donors (Lipinski definition) is 1. The van der Waals surface area contributed by atoms with Crippen LogP contribution in [0, 0.1) is 0 Å². The van der Waals surface area contributed by atoms with Crippen molar-refractivity contribution in [2.24, 2.45) is 0 Å². The van der Waals surface area contributed by atoms with Crippen LogP contribution >= 0.6 is 0 Å². The molecule has 0 aliphatic carbocycles. The monoisotopic (exact) mass is 276 g/mol. The maximum Gasteiger partial charge on any atom is 0.0713 e. The Balaban J connectivity index is 1.89. The summed E-state index contributed by atoms with van der Waals surface area (Å²) < 4.78 is 5.21. The SMILES string of the molecule is CCN(Cc1cccc(COC)c1)CC1CCCCN1. The molecule has 1 heterocycles. The first-order chi connectivity index (χ1) is 9.81. The number of nitrogens with zero attached hydrogens (tertiary/aromatic N) is 1. The molecule has 2 rings (SSSR count). The highest BCUT2D eigenvalue weighted by atomic mass is 16.5. The first-order valence-corrected chi connectivity index (χ1v) is 7.84. The molecular formula is C17H28N2O. The zero-order valence-corrected chi connectivity index (χ0v) is 12.9. The molecular weight excluding hydrogens is 248 g/mol. The van der Waals surface area contributed by atoms with Crippen LogP contribution in [0.1, 0.15) is 37.3 Å². The highest BCUT2D eigenvalue weighted by Gasteiger charge is 2.15. The summed E-state index contributed by atoms with van der Waals surface area (Å²) in [6.45, 7) is 7.43. The number of ether oxygens (including phenoxy) is 1. The second-order valence-electron chi connectivity index (χ2n) is 5.73. The van der Waals surface area contributed by atoms with E-state index in [1.807, 2.05) is 0 Å². The molecule has 1 aromatic rings. The third-order valence-electron chi connectivity index (χ3n) is 4.05. The Hall–Kier alpha value is -0.900. The van der Waals surface area contributed by atoms with Crippen LogP contribution in [-0.2, 0) is 17.9 Å². The van der Waals surface area contributed by atoms with Gasteiger partial charge in [-0.2, -0.15) is 0 Å². The molecule has 1 fully saturated rings. The van der Waals surface area contributed by atoms with Crippen LogP contribution in [0.5, 0.6) is 0 Å². The molecule has 0 saturated carbocycles. The van der Waals surface area contributed by atoms with Crippen LogP contribution in [0.2, 0.25) is 0 Å². The molecule has 0 bridgehead atoms. The second kappa shape index (κ2) is 8.40. The molecule has 3 heteroatoms. The minimum absolute atomic E-state index is 0.672. The van der Waals surface area contributed by atoms with Crippen LogP contribution in [0.25, 0.3) is 0 Å².